The summed E-state index contributed by atoms with van der Waals surface area (Å²) in [6.45, 7) is 3.95. The van der Waals surface area contributed by atoms with Crippen molar-refractivity contribution >= 4 is 11.3 Å². The molecule has 4 heterocycles. The molecule has 6 nitrogen and oxygen atoms in total. The van der Waals surface area contributed by atoms with Gasteiger partial charge in [0.25, 0.3) is 0 Å². The number of pyridine rings is 1. The summed E-state index contributed by atoms with van der Waals surface area (Å²) < 4.78 is 18.7. The lowest BCUT2D eigenvalue weighted by Gasteiger charge is -2.18. The molecule has 0 saturated heterocycles. The minimum absolute atomic E-state index is 0.144. The number of aromatic nitrogens is 5. The van der Waals surface area contributed by atoms with Gasteiger partial charge in [-0.2, -0.15) is 5.10 Å². The van der Waals surface area contributed by atoms with Gasteiger partial charge in [-0.15, -0.1) is 0 Å². The predicted molar refractivity (Wildman–Crippen MR) is 111 cm³/mol. The Morgan fingerprint density at radius 1 is 1.07 bits per heavy atom. The third-order valence-electron chi connectivity index (χ3n) is 7.62. The molecule has 0 unspecified atom stereocenters. The molecule has 0 radical (unpaired) electrons. The van der Waals surface area contributed by atoms with Crippen LogP contribution in [0.1, 0.15) is 42.6 Å². The molecule has 7 rings (SSSR count). The summed E-state index contributed by atoms with van der Waals surface area (Å²) in [5.74, 6) is -0.307. The zero-order valence-electron chi connectivity index (χ0n) is 17.4. The Bertz CT molecular complexity index is 1370. The molecule has 0 amide bonds. The number of hydrogen-bond donors (Lipinski definition) is 0. The molecule has 4 aromatic rings. The van der Waals surface area contributed by atoms with Crippen LogP contribution in [0.2, 0.25) is 0 Å². The predicted octanol–water partition coefficient (Wildman–Crippen LogP) is 3.68. The van der Waals surface area contributed by atoms with E-state index >= 15 is 4.39 Å². The fourth-order valence-electron chi connectivity index (χ4n) is 5.49. The first-order valence-corrected chi connectivity index (χ1v) is 10.7. The number of fused-ring (bicyclic) bond motifs is 3. The molecule has 3 aliphatic rings. The molecule has 7 heteroatoms. The molecule has 3 saturated carbocycles. The maximum atomic E-state index is 15.0. The SMILES string of the molecule is Cc1cn2nc(-c3cc(F)c4nc(C56CC5(N(C)C5CC5)C6)cn4c3)cc(C)c2n1. The Hall–Kier alpha value is -2.80. The second-order valence-electron chi connectivity index (χ2n) is 9.61. The maximum Gasteiger partial charge on any atom is 0.173 e. The molecule has 0 N–H and O–H groups in total. The largest absolute Gasteiger partial charge is 0.304 e. The van der Waals surface area contributed by atoms with E-state index in [-0.39, 0.29) is 16.8 Å². The molecule has 0 bridgehead atoms. The monoisotopic (exact) mass is 402 g/mol. The molecule has 4 aromatic heterocycles. The first-order chi connectivity index (χ1) is 14.4. The number of likely N-dealkylation sites (N-methyl/N-ethyl adjacent to an activating group) is 1. The van der Waals surface area contributed by atoms with Gasteiger partial charge >= 0.3 is 0 Å². The molecule has 0 aliphatic heterocycles. The van der Waals surface area contributed by atoms with Gasteiger partial charge in [-0.05, 0) is 64.3 Å². The number of nitrogens with zero attached hydrogens (tertiary/aromatic N) is 6. The fourth-order valence-corrected chi connectivity index (χ4v) is 5.49. The molecule has 3 aliphatic carbocycles. The van der Waals surface area contributed by atoms with Gasteiger partial charge in [-0.3, -0.25) is 4.90 Å². The summed E-state index contributed by atoms with van der Waals surface area (Å²) in [4.78, 5) is 11.8. The Balaban J connectivity index is 1.30. The number of aryl methyl sites for hydroxylation is 2. The minimum atomic E-state index is -0.307. The fraction of sp³-hybridized carbons (Fsp3) is 0.435. The van der Waals surface area contributed by atoms with Crippen molar-refractivity contribution in [2.24, 2.45) is 0 Å². The van der Waals surface area contributed by atoms with E-state index in [1.807, 2.05) is 42.9 Å². The van der Waals surface area contributed by atoms with Crippen LogP contribution in [0.4, 0.5) is 4.39 Å². The molecular formula is C23H23FN6. The first-order valence-electron chi connectivity index (χ1n) is 10.7. The minimum Gasteiger partial charge on any atom is -0.304 e. The van der Waals surface area contributed by atoms with Gasteiger partial charge < -0.3 is 4.40 Å². The summed E-state index contributed by atoms with van der Waals surface area (Å²) in [7, 11) is 2.25. The van der Waals surface area contributed by atoms with Crippen molar-refractivity contribution in [3.63, 3.8) is 0 Å². The van der Waals surface area contributed by atoms with Gasteiger partial charge in [-0.1, -0.05) is 0 Å². The lowest BCUT2D eigenvalue weighted by Crippen LogP contribution is -2.29. The van der Waals surface area contributed by atoms with E-state index in [2.05, 4.69) is 22.0 Å². The smallest absolute Gasteiger partial charge is 0.173 e. The summed E-state index contributed by atoms with van der Waals surface area (Å²) in [6, 6.07) is 4.26. The van der Waals surface area contributed by atoms with Crippen molar-refractivity contribution in [2.75, 3.05) is 7.05 Å². The Morgan fingerprint density at radius 2 is 1.87 bits per heavy atom. The second kappa shape index (κ2) is 5.09. The van der Waals surface area contributed by atoms with Crippen LogP contribution >= 0.6 is 0 Å². The highest BCUT2D eigenvalue weighted by atomic mass is 19.1. The Morgan fingerprint density at radius 3 is 2.63 bits per heavy atom. The summed E-state index contributed by atoms with van der Waals surface area (Å²) >= 11 is 0. The Kier molecular flexibility index (Phi) is 2.87. The molecule has 0 aromatic carbocycles. The van der Waals surface area contributed by atoms with Crippen LogP contribution in [0.5, 0.6) is 0 Å². The van der Waals surface area contributed by atoms with Crippen LogP contribution in [-0.4, -0.2) is 47.5 Å². The maximum absolute atomic E-state index is 15.0. The van der Waals surface area contributed by atoms with E-state index in [0.29, 0.717) is 5.65 Å². The van der Waals surface area contributed by atoms with Gasteiger partial charge in [0.1, 0.15) is 0 Å². The number of imidazole rings is 2. The lowest BCUT2D eigenvalue weighted by atomic mass is 10.1. The molecule has 30 heavy (non-hydrogen) atoms. The number of hydrogen-bond acceptors (Lipinski definition) is 4. The van der Waals surface area contributed by atoms with Crippen LogP contribution in [0.3, 0.4) is 0 Å². The average molecular weight is 402 g/mol. The highest BCUT2D eigenvalue weighted by molar-refractivity contribution is 5.65. The van der Waals surface area contributed by atoms with Crippen LogP contribution in [0, 0.1) is 19.7 Å². The topological polar surface area (TPSA) is 50.7 Å². The summed E-state index contributed by atoms with van der Waals surface area (Å²) in [5.41, 5.74) is 6.11. The van der Waals surface area contributed by atoms with Gasteiger partial charge in [0.15, 0.2) is 17.1 Å². The van der Waals surface area contributed by atoms with Crippen LogP contribution in [0.25, 0.3) is 22.6 Å². The van der Waals surface area contributed by atoms with Crippen molar-refractivity contribution in [1.82, 2.24) is 28.9 Å². The second-order valence-corrected chi connectivity index (χ2v) is 9.61. The summed E-state index contributed by atoms with van der Waals surface area (Å²) in [6.07, 6.45) is 10.8. The van der Waals surface area contributed by atoms with Crippen molar-refractivity contribution < 1.29 is 4.39 Å². The zero-order chi connectivity index (χ0) is 20.4. The number of halogens is 1. The zero-order valence-corrected chi connectivity index (χ0v) is 17.4. The Labute approximate surface area is 173 Å². The molecule has 0 spiro atoms. The van der Waals surface area contributed by atoms with Crippen molar-refractivity contribution in [3.8, 4) is 11.3 Å². The molecule has 0 atom stereocenters. The van der Waals surface area contributed by atoms with E-state index in [1.165, 1.54) is 12.8 Å². The standard InChI is InChI=1S/C23H23FN6/c1-13-6-18(27-30-8-14(2)25-20(13)30)15-7-17(24)21-26-19(10-29(21)9-15)22-11-23(22,12-22)28(3)16-4-5-16/h6-10,16H,4-5,11-12H2,1-3H3. The normalized spacial score (nSPS) is 27.2. The van der Waals surface area contributed by atoms with Crippen molar-refractivity contribution in [3.05, 3.63) is 53.5 Å². The highest BCUT2D eigenvalue weighted by Crippen LogP contribution is 2.81. The molecule has 3 fully saturated rings. The average Bonchev–Trinajstić information content (AvgIpc) is 3.62. The summed E-state index contributed by atoms with van der Waals surface area (Å²) in [5, 5.41) is 4.66. The quantitative estimate of drug-likeness (QED) is 0.523. The first kappa shape index (κ1) is 16.9. The molecular weight excluding hydrogens is 379 g/mol. The van der Waals surface area contributed by atoms with Gasteiger partial charge in [0, 0.05) is 35.0 Å². The lowest BCUT2D eigenvalue weighted by molar-refractivity contribution is 0.261. The van der Waals surface area contributed by atoms with Crippen LogP contribution in [0.15, 0.2) is 30.7 Å². The van der Waals surface area contributed by atoms with Crippen molar-refractivity contribution in [1.29, 1.82) is 0 Å². The third-order valence-corrected chi connectivity index (χ3v) is 7.62. The van der Waals surface area contributed by atoms with Crippen LogP contribution in [-0.2, 0) is 5.41 Å². The molecule has 152 valence electrons. The van der Waals surface area contributed by atoms with Gasteiger partial charge in [-0.25, -0.2) is 18.9 Å². The van der Waals surface area contributed by atoms with Gasteiger partial charge in [0.2, 0.25) is 0 Å². The van der Waals surface area contributed by atoms with E-state index in [4.69, 9.17) is 4.98 Å². The van der Waals surface area contributed by atoms with Crippen molar-refractivity contribution in [2.45, 2.75) is 56.5 Å². The van der Waals surface area contributed by atoms with E-state index in [1.54, 1.807) is 10.6 Å². The van der Waals surface area contributed by atoms with E-state index in [9.17, 15) is 0 Å². The van der Waals surface area contributed by atoms with E-state index in [0.717, 1.165) is 52.7 Å². The number of rotatable bonds is 4. The highest BCUT2D eigenvalue weighted by Gasteiger charge is 2.87. The van der Waals surface area contributed by atoms with E-state index < -0.39 is 0 Å². The van der Waals surface area contributed by atoms with Crippen LogP contribution < -0.4 is 0 Å². The third kappa shape index (κ3) is 2.03. The van der Waals surface area contributed by atoms with Gasteiger partial charge in [0.05, 0.1) is 23.3 Å².